The van der Waals surface area contributed by atoms with Crippen molar-refractivity contribution in [2.24, 2.45) is 10.9 Å². The van der Waals surface area contributed by atoms with Gasteiger partial charge in [0.15, 0.2) is 0 Å². The molecule has 0 saturated carbocycles. The Hall–Kier alpha value is -3.71. The molecule has 6 nitrogen and oxygen atoms in total. The Bertz CT molecular complexity index is 1470. The van der Waals surface area contributed by atoms with Crippen LogP contribution in [0.3, 0.4) is 0 Å². The van der Waals surface area contributed by atoms with E-state index >= 15 is 0 Å². The van der Waals surface area contributed by atoms with E-state index in [0.717, 1.165) is 15.6 Å². The molecule has 0 atom stereocenters. The number of nitrogens with zero attached hydrogens (tertiary/aromatic N) is 3. The lowest BCUT2D eigenvalue weighted by Crippen LogP contribution is -2.11. The van der Waals surface area contributed by atoms with Crippen molar-refractivity contribution in [3.05, 3.63) is 100 Å². The van der Waals surface area contributed by atoms with Crippen LogP contribution in [0, 0.1) is 0 Å². The Kier molecular flexibility index (Phi) is 7.61. The van der Waals surface area contributed by atoms with Gasteiger partial charge in [0.2, 0.25) is 17.7 Å². The number of hydrazone groups is 1. The Labute approximate surface area is 232 Å². The maximum Gasteiger partial charge on any atom is 0.248 e. The number of halogens is 1. The maximum absolute atomic E-state index is 6.02. The molecule has 0 radical (unpaired) electrons. The third kappa shape index (κ3) is 6.22. The van der Waals surface area contributed by atoms with E-state index < -0.39 is 0 Å². The van der Waals surface area contributed by atoms with Crippen LogP contribution < -0.4 is 5.84 Å². The van der Waals surface area contributed by atoms with Gasteiger partial charge in [-0.25, -0.2) is 0 Å². The summed E-state index contributed by atoms with van der Waals surface area (Å²) in [5, 5.41) is 12.4. The van der Waals surface area contributed by atoms with Crippen molar-refractivity contribution >= 4 is 27.6 Å². The highest BCUT2D eigenvalue weighted by molar-refractivity contribution is 9.10. The first-order valence-electron chi connectivity index (χ1n) is 12.4. The lowest BCUT2D eigenvalue weighted by Gasteiger charge is -2.19. The fraction of sp³-hybridized carbons (Fsp3) is 0.258. The molecule has 0 amide bonds. The van der Waals surface area contributed by atoms with Crippen LogP contribution >= 0.6 is 15.9 Å². The number of aromatic nitrogens is 2. The number of ether oxygens (including phenoxy) is 1. The summed E-state index contributed by atoms with van der Waals surface area (Å²) in [7, 11) is 0. The number of rotatable bonds is 5. The average Bonchev–Trinajstić information content (AvgIpc) is 3.36. The van der Waals surface area contributed by atoms with Gasteiger partial charge in [0, 0.05) is 26.7 Å². The lowest BCUT2D eigenvalue weighted by molar-refractivity contribution is 0.507. The summed E-state index contributed by atoms with van der Waals surface area (Å²) in [6.07, 6.45) is 0. The molecule has 4 aromatic rings. The molecule has 0 saturated heterocycles. The van der Waals surface area contributed by atoms with E-state index in [1.165, 1.54) is 11.1 Å². The van der Waals surface area contributed by atoms with Crippen LogP contribution in [0.5, 0.6) is 0 Å². The van der Waals surface area contributed by atoms with E-state index in [1.807, 2.05) is 42.5 Å². The summed E-state index contributed by atoms with van der Waals surface area (Å²) >= 11 is 3.56. The minimum Gasteiger partial charge on any atom is -0.437 e. The molecule has 1 heterocycles. The molecule has 0 fully saturated rings. The van der Waals surface area contributed by atoms with E-state index in [-0.39, 0.29) is 16.7 Å². The van der Waals surface area contributed by atoms with Crippen molar-refractivity contribution < 1.29 is 9.15 Å². The van der Waals surface area contributed by atoms with Crippen molar-refractivity contribution in [3.63, 3.8) is 0 Å². The highest BCUT2D eigenvalue weighted by atomic mass is 79.9. The van der Waals surface area contributed by atoms with Gasteiger partial charge >= 0.3 is 0 Å². The second kappa shape index (κ2) is 10.6. The van der Waals surface area contributed by atoms with Crippen LogP contribution in [0.25, 0.3) is 28.7 Å². The van der Waals surface area contributed by atoms with Gasteiger partial charge in [-0.2, -0.15) is 0 Å². The van der Waals surface area contributed by atoms with Crippen LogP contribution in [0.15, 0.2) is 87.3 Å². The van der Waals surface area contributed by atoms with Crippen molar-refractivity contribution in [3.8, 4) is 22.9 Å². The fourth-order valence-corrected chi connectivity index (χ4v) is 4.39. The molecular formula is C31H33BrN4O2. The van der Waals surface area contributed by atoms with Crippen LogP contribution in [0.2, 0.25) is 0 Å². The number of nitrogens with two attached hydrogens (primary N) is 1. The van der Waals surface area contributed by atoms with Gasteiger partial charge in [0.05, 0.1) is 0 Å². The Morgan fingerprint density at radius 2 is 1.32 bits per heavy atom. The van der Waals surface area contributed by atoms with Gasteiger partial charge in [-0.15, -0.1) is 15.3 Å². The Balaban J connectivity index is 1.56. The monoisotopic (exact) mass is 572 g/mol. The van der Waals surface area contributed by atoms with Gasteiger partial charge in [-0.3, -0.25) is 0 Å². The zero-order valence-electron chi connectivity index (χ0n) is 22.7. The number of hydrogen-bond acceptors (Lipinski definition) is 6. The molecule has 3 aromatic carbocycles. The van der Waals surface area contributed by atoms with Crippen LogP contribution in [0.1, 0.15) is 63.8 Å². The summed E-state index contributed by atoms with van der Waals surface area (Å²) in [5.41, 5.74) is 5.61. The van der Waals surface area contributed by atoms with E-state index in [0.29, 0.717) is 28.7 Å². The molecule has 1 aromatic heterocycles. The first-order valence-corrected chi connectivity index (χ1v) is 13.2. The van der Waals surface area contributed by atoms with E-state index in [4.69, 9.17) is 15.0 Å². The molecular weight excluding hydrogens is 540 g/mol. The third-order valence-corrected chi connectivity index (χ3v) is 6.68. The average molecular weight is 574 g/mol. The second-order valence-corrected chi connectivity index (χ2v) is 12.2. The van der Waals surface area contributed by atoms with Crippen molar-refractivity contribution in [2.45, 2.75) is 52.4 Å². The van der Waals surface area contributed by atoms with Gasteiger partial charge < -0.3 is 15.0 Å². The first kappa shape index (κ1) is 27.3. The topological polar surface area (TPSA) is 86.5 Å². The standard InChI is InChI=1S/C31H33BrN4O2/c1-19(20-8-12-24(13-9-20)30(2,3)4)37-27(34-33)22-16-23(18-26(32)17-22)29-36-35-28(38-29)21-10-14-25(15-11-21)31(5,6)7/h8-18H,1,33H2,2-7H3/b34-27-. The zero-order chi connectivity index (χ0) is 27.7. The Morgan fingerprint density at radius 3 is 1.84 bits per heavy atom. The Morgan fingerprint density at radius 1 is 0.789 bits per heavy atom. The van der Waals surface area contributed by atoms with Crippen LogP contribution in [-0.2, 0) is 15.6 Å². The molecule has 0 bridgehead atoms. The first-order chi connectivity index (χ1) is 17.8. The lowest BCUT2D eigenvalue weighted by atomic mass is 9.86. The predicted octanol–water partition coefficient (Wildman–Crippen LogP) is 8.07. The van der Waals surface area contributed by atoms with Gasteiger partial charge in [-0.05, 0) is 52.3 Å². The smallest absolute Gasteiger partial charge is 0.248 e. The fourth-order valence-electron chi connectivity index (χ4n) is 3.90. The molecule has 196 valence electrons. The molecule has 0 aliphatic rings. The summed E-state index contributed by atoms with van der Waals surface area (Å²) in [4.78, 5) is 0. The SMILES string of the molecule is C=C(O/C(=N\N)c1cc(Br)cc(-c2nnc(-c3ccc(C(C)(C)C)cc3)o2)c1)c1ccc(C(C)(C)C)cc1. The molecule has 0 spiro atoms. The minimum atomic E-state index is 0.0573. The largest absolute Gasteiger partial charge is 0.437 e. The third-order valence-electron chi connectivity index (χ3n) is 6.22. The molecule has 2 N–H and O–H groups in total. The minimum absolute atomic E-state index is 0.0573. The quantitative estimate of drug-likeness (QED) is 0.0858. The summed E-state index contributed by atoms with van der Waals surface area (Å²) in [5.74, 6) is 7.20. The van der Waals surface area contributed by atoms with E-state index in [1.54, 1.807) is 0 Å². The van der Waals surface area contributed by atoms with Crippen LogP contribution in [0.4, 0.5) is 0 Å². The highest BCUT2D eigenvalue weighted by Crippen LogP contribution is 2.30. The van der Waals surface area contributed by atoms with Gasteiger partial charge in [0.1, 0.15) is 5.76 Å². The molecule has 38 heavy (non-hydrogen) atoms. The van der Waals surface area contributed by atoms with Gasteiger partial charge in [0.25, 0.3) is 0 Å². The summed E-state index contributed by atoms with van der Waals surface area (Å²) in [6.45, 7) is 17.1. The molecule has 0 aliphatic heterocycles. The van der Waals surface area contributed by atoms with E-state index in [2.05, 4.69) is 104 Å². The van der Waals surface area contributed by atoms with Crippen molar-refractivity contribution in [1.29, 1.82) is 0 Å². The maximum atomic E-state index is 6.02. The molecule has 7 heteroatoms. The number of hydrogen-bond donors (Lipinski definition) is 1. The summed E-state index contributed by atoms with van der Waals surface area (Å²) in [6, 6.07) is 21.9. The van der Waals surface area contributed by atoms with Gasteiger partial charge in [-0.1, -0.05) is 100 Å². The molecule has 4 rings (SSSR count). The normalized spacial score (nSPS) is 12.4. The van der Waals surface area contributed by atoms with Crippen molar-refractivity contribution in [1.82, 2.24) is 10.2 Å². The molecule has 0 aliphatic carbocycles. The zero-order valence-corrected chi connectivity index (χ0v) is 24.3. The predicted molar refractivity (Wildman–Crippen MR) is 158 cm³/mol. The number of benzene rings is 3. The second-order valence-electron chi connectivity index (χ2n) is 11.3. The molecule has 0 unspecified atom stereocenters. The van der Waals surface area contributed by atoms with E-state index in [9.17, 15) is 0 Å². The van der Waals surface area contributed by atoms with Crippen LogP contribution in [-0.4, -0.2) is 16.1 Å². The highest BCUT2D eigenvalue weighted by Gasteiger charge is 2.18. The summed E-state index contributed by atoms with van der Waals surface area (Å²) < 4.78 is 12.8. The van der Waals surface area contributed by atoms with Crippen molar-refractivity contribution in [2.75, 3.05) is 0 Å².